The van der Waals surface area contributed by atoms with Gasteiger partial charge in [-0.15, -0.1) is 0 Å². The Hall–Kier alpha value is -2.91. The fourth-order valence-corrected chi connectivity index (χ4v) is 4.16. The first-order valence-corrected chi connectivity index (χ1v) is 10.8. The lowest BCUT2D eigenvalue weighted by Gasteiger charge is -2.32. The molecule has 4 rings (SSSR count). The second-order valence-corrected chi connectivity index (χ2v) is 8.73. The molecule has 2 heterocycles. The maximum absolute atomic E-state index is 15.1. The van der Waals surface area contributed by atoms with Crippen LogP contribution < -0.4 is 15.8 Å². The summed E-state index contributed by atoms with van der Waals surface area (Å²) in [5.41, 5.74) is 7.66. The molecule has 170 valence electrons. The summed E-state index contributed by atoms with van der Waals surface area (Å²) in [5, 5.41) is 12.1. The largest absolute Gasteiger partial charge is 0.490 e. The highest BCUT2D eigenvalue weighted by atomic mass is 35.5. The number of nitrogens with zero attached hydrogens (tertiary/aromatic N) is 3. The van der Waals surface area contributed by atoms with Gasteiger partial charge in [0.2, 0.25) is 0 Å². The molecule has 1 aromatic carbocycles. The van der Waals surface area contributed by atoms with Gasteiger partial charge in [0.1, 0.15) is 28.5 Å². The third kappa shape index (κ3) is 4.10. The summed E-state index contributed by atoms with van der Waals surface area (Å²) < 4.78 is 22.8. The number of ether oxygens (including phenoxy) is 1. The number of nitrogens with one attached hydrogen (secondary N) is 1. The van der Waals surface area contributed by atoms with E-state index in [0.717, 1.165) is 0 Å². The van der Waals surface area contributed by atoms with Crippen LogP contribution in [-0.4, -0.2) is 43.6 Å². The smallest absolute Gasteiger partial charge is 0.258 e. The van der Waals surface area contributed by atoms with Crippen LogP contribution in [-0.2, 0) is 6.42 Å². The van der Waals surface area contributed by atoms with E-state index in [1.807, 2.05) is 11.3 Å². The van der Waals surface area contributed by atoms with Gasteiger partial charge in [0.25, 0.3) is 5.91 Å². The normalized spacial score (nSPS) is 18.1. The molecule has 0 unspecified atom stereocenters. The fourth-order valence-electron chi connectivity index (χ4n) is 3.94. The Morgan fingerprint density at radius 2 is 2.19 bits per heavy atom. The first-order chi connectivity index (χ1) is 15.2. The zero-order valence-electron chi connectivity index (χ0n) is 18.0. The molecular weight excluding hydrogens is 437 g/mol. The Morgan fingerprint density at radius 3 is 2.84 bits per heavy atom. The highest BCUT2D eigenvalue weighted by Crippen LogP contribution is 2.35. The van der Waals surface area contributed by atoms with Crippen molar-refractivity contribution in [3.05, 3.63) is 51.9 Å². The summed E-state index contributed by atoms with van der Waals surface area (Å²) >= 11 is 6.19. The van der Waals surface area contributed by atoms with Crippen molar-refractivity contribution in [3.63, 3.8) is 0 Å². The lowest BCUT2D eigenvalue weighted by molar-refractivity contribution is 0.0559. The molecular formula is C22H25ClFN5O3. The molecule has 0 bridgehead atoms. The number of carbonyl (C=O) groups is 1. The summed E-state index contributed by atoms with van der Waals surface area (Å²) in [7, 11) is 0. The topological polar surface area (TPSA) is 115 Å². The molecule has 4 N–H and O–H groups in total. The summed E-state index contributed by atoms with van der Waals surface area (Å²) in [4.78, 5) is 21.7. The molecule has 1 amide bonds. The van der Waals surface area contributed by atoms with Crippen molar-refractivity contribution in [2.75, 3.05) is 5.73 Å². The van der Waals surface area contributed by atoms with E-state index in [2.05, 4.69) is 15.3 Å². The minimum absolute atomic E-state index is 0.121. The third-order valence-electron chi connectivity index (χ3n) is 5.46. The van der Waals surface area contributed by atoms with E-state index in [4.69, 9.17) is 22.1 Å². The van der Waals surface area contributed by atoms with Gasteiger partial charge >= 0.3 is 0 Å². The molecule has 32 heavy (non-hydrogen) atoms. The molecule has 1 saturated carbocycles. The van der Waals surface area contributed by atoms with Crippen molar-refractivity contribution in [2.45, 2.75) is 58.3 Å². The molecule has 3 aromatic rings. The van der Waals surface area contributed by atoms with Crippen LogP contribution in [0.3, 0.4) is 0 Å². The van der Waals surface area contributed by atoms with Crippen LogP contribution in [0.5, 0.6) is 5.75 Å². The van der Waals surface area contributed by atoms with Crippen molar-refractivity contribution in [1.29, 1.82) is 0 Å². The number of nitrogens with two attached hydrogens (primary N) is 1. The molecule has 1 aliphatic rings. The highest BCUT2D eigenvalue weighted by Gasteiger charge is 2.32. The lowest BCUT2D eigenvalue weighted by atomic mass is 9.89. The Morgan fingerprint density at radius 1 is 1.47 bits per heavy atom. The number of nitrogen functional groups attached to an aromatic ring is 1. The van der Waals surface area contributed by atoms with Gasteiger partial charge in [0, 0.05) is 30.4 Å². The number of aliphatic hydroxyl groups excluding tert-OH is 1. The van der Waals surface area contributed by atoms with Crippen LogP contribution in [0.1, 0.15) is 54.1 Å². The van der Waals surface area contributed by atoms with Crippen molar-refractivity contribution < 1.29 is 19.0 Å². The third-order valence-corrected chi connectivity index (χ3v) is 5.73. The second-order valence-electron chi connectivity index (χ2n) is 8.32. The zero-order valence-corrected chi connectivity index (χ0v) is 18.8. The summed E-state index contributed by atoms with van der Waals surface area (Å²) in [6.07, 6.45) is 3.62. The SMILES string of the molecule is Cc1nc(Cc2cc(Cl)c(F)c(C(=O)NC3CC(O)C3)c2OC(C)C)n2ccnc(N)c12. The van der Waals surface area contributed by atoms with E-state index in [9.17, 15) is 9.90 Å². The summed E-state index contributed by atoms with van der Waals surface area (Å²) in [6, 6.07) is 1.24. The average Bonchev–Trinajstić information content (AvgIpc) is 3.01. The maximum Gasteiger partial charge on any atom is 0.258 e. The predicted octanol–water partition coefficient (Wildman–Crippen LogP) is 3.04. The second kappa shape index (κ2) is 8.55. The monoisotopic (exact) mass is 461 g/mol. The van der Waals surface area contributed by atoms with Crippen LogP contribution in [0.25, 0.3) is 5.52 Å². The zero-order chi connectivity index (χ0) is 23.2. The number of amides is 1. The van der Waals surface area contributed by atoms with Crippen LogP contribution in [0, 0.1) is 12.7 Å². The van der Waals surface area contributed by atoms with E-state index in [1.54, 1.807) is 26.2 Å². The number of benzene rings is 1. The average molecular weight is 462 g/mol. The molecule has 0 atom stereocenters. The number of hydrogen-bond acceptors (Lipinski definition) is 6. The van der Waals surface area contributed by atoms with E-state index in [0.29, 0.717) is 41.3 Å². The van der Waals surface area contributed by atoms with E-state index in [-0.39, 0.29) is 34.9 Å². The number of aromatic nitrogens is 3. The molecule has 0 saturated heterocycles. The van der Waals surface area contributed by atoms with Gasteiger partial charge in [0.05, 0.1) is 22.9 Å². The van der Waals surface area contributed by atoms with Crippen LogP contribution >= 0.6 is 11.6 Å². The number of aliphatic hydroxyl groups is 1. The quantitative estimate of drug-likeness (QED) is 0.519. The van der Waals surface area contributed by atoms with Crippen LogP contribution in [0.15, 0.2) is 18.5 Å². The number of imidazole rings is 1. The molecule has 0 aliphatic heterocycles. The Kier molecular flexibility index (Phi) is 5.96. The first-order valence-electron chi connectivity index (χ1n) is 10.4. The first kappa shape index (κ1) is 22.3. The summed E-state index contributed by atoms with van der Waals surface area (Å²) in [5.74, 6) is -0.383. The number of anilines is 1. The van der Waals surface area contributed by atoms with Crippen molar-refractivity contribution in [2.24, 2.45) is 0 Å². The number of rotatable bonds is 6. The van der Waals surface area contributed by atoms with Gasteiger partial charge in [-0.1, -0.05) is 11.6 Å². The summed E-state index contributed by atoms with van der Waals surface area (Å²) in [6.45, 7) is 5.41. The Balaban J connectivity index is 1.79. The lowest BCUT2D eigenvalue weighted by Crippen LogP contribution is -2.47. The number of fused-ring (bicyclic) bond motifs is 1. The van der Waals surface area contributed by atoms with Gasteiger partial charge in [-0.05, 0) is 39.7 Å². The minimum Gasteiger partial charge on any atom is -0.490 e. The van der Waals surface area contributed by atoms with Gasteiger partial charge in [-0.3, -0.25) is 9.20 Å². The minimum atomic E-state index is -0.846. The van der Waals surface area contributed by atoms with Gasteiger partial charge in [-0.2, -0.15) is 0 Å². The molecule has 10 heteroatoms. The van der Waals surface area contributed by atoms with E-state index >= 15 is 4.39 Å². The van der Waals surface area contributed by atoms with Crippen LogP contribution in [0.4, 0.5) is 10.2 Å². The van der Waals surface area contributed by atoms with Crippen molar-refractivity contribution in [1.82, 2.24) is 19.7 Å². The highest BCUT2D eigenvalue weighted by molar-refractivity contribution is 6.31. The molecule has 0 spiro atoms. The number of hydrogen-bond donors (Lipinski definition) is 3. The Bertz CT molecular complexity index is 1190. The van der Waals surface area contributed by atoms with Crippen molar-refractivity contribution >= 4 is 28.8 Å². The molecule has 1 fully saturated rings. The fraction of sp³-hybridized carbons (Fsp3) is 0.409. The molecule has 1 aliphatic carbocycles. The van der Waals surface area contributed by atoms with E-state index < -0.39 is 17.8 Å². The Labute approximate surface area is 189 Å². The number of halogens is 2. The standard InChI is InChI=1S/C22H25ClFN5O3/c1-10(2)32-20-12(7-16-27-11(3)19-21(25)26-4-5-29(16)19)6-15(23)18(24)17(20)22(31)28-13-8-14(30)9-13/h4-6,10,13-14,30H,7-9H2,1-3H3,(H2,25,26)(H,28,31). The predicted molar refractivity (Wildman–Crippen MR) is 119 cm³/mol. The van der Waals surface area contributed by atoms with Crippen molar-refractivity contribution in [3.8, 4) is 5.75 Å². The van der Waals surface area contributed by atoms with Gasteiger partial charge < -0.3 is 20.9 Å². The van der Waals surface area contributed by atoms with Crippen LogP contribution in [0.2, 0.25) is 5.02 Å². The maximum atomic E-state index is 15.1. The molecule has 0 radical (unpaired) electrons. The van der Waals surface area contributed by atoms with E-state index in [1.165, 1.54) is 6.07 Å². The number of aryl methyl sites for hydroxylation is 1. The van der Waals surface area contributed by atoms with Gasteiger partial charge in [0.15, 0.2) is 5.82 Å². The molecule has 8 nitrogen and oxygen atoms in total. The molecule has 2 aromatic heterocycles. The number of carbonyl (C=O) groups excluding carboxylic acids is 1. The van der Waals surface area contributed by atoms with Gasteiger partial charge in [-0.25, -0.2) is 14.4 Å².